The van der Waals surface area contributed by atoms with E-state index in [0.29, 0.717) is 11.1 Å². The second-order valence-electron chi connectivity index (χ2n) is 9.30. The van der Waals surface area contributed by atoms with E-state index in [-0.39, 0.29) is 24.0 Å². The Morgan fingerprint density at radius 3 is 2.09 bits per heavy atom. The van der Waals surface area contributed by atoms with Gasteiger partial charge in [0, 0.05) is 11.5 Å². The third kappa shape index (κ3) is 5.08. The van der Waals surface area contributed by atoms with Crippen LogP contribution < -0.4 is 0 Å². The highest BCUT2D eigenvalue weighted by Gasteiger charge is 2.56. The van der Waals surface area contributed by atoms with Gasteiger partial charge in [0.05, 0.1) is 26.4 Å². The molecule has 186 valence electrons. The molecule has 35 heavy (non-hydrogen) atoms. The van der Waals surface area contributed by atoms with Crippen molar-refractivity contribution in [2.45, 2.75) is 39.9 Å². The second kappa shape index (κ2) is 11.0. The van der Waals surface area contributed by atoms with Crippen LogP contribution in [0.1, 0.15) is 38.8 Å². The summed E-state index contributed by atoms with van der Waals surface area (Å²) >= 11 is 0. The third-order valence-corrected chi connectivity index (χ3v) is 6.40. The Morgan fingerprint density at radius 2 is 1.57 bits per heavy atom. The van der Waals surface area contributed by atoms with E-state index in [1.165, 1.54) is 26.4 Å². The maximum absolute atomic E-state index is 13.9. The van der Waals surface area contributed by atoms with Crippen molar-refractivity contribution in [1.82, 2.24) is 0 Å². The fourth-order valence-corrected chi connectivity index (χ4v) is 4.72. The van der Waals surface area contributed by atoms with Crippen molar-refractivity contribution in [3.8, 4) is 0 Å². The zero-order valence-corrected chi connectivity index (χ0v) is 21.1. The summed E-state index contributed by atoms with van der Waals surface area (Å²) < 4.78 is 31.0. The molecule has 1 aliphatic carbocycles. The molecule has 2 unspecified atom stereocenters. The summed E-state index contributed by atoms with van der Waals surface area (Å²) in [7, 11) is 2.60. The van der Waals surface area contributed by atoms with Crippen molar-refractivity contribution < 1.29 is 28.2 Å². The van der Waals surface area contributed by atoms with Crippen LogP contribution in [0, 0.1) is 23.6 Å². The number of esters is 2. The molecule has 5 nitrogen and oxygen atoms in total. The van der Waals surface area contributed by atoms with E-state index in [1.54, 1.807) is 12.1 Å². The van der Waals surface area contributed by atoms with Crippen LogP contribution in [0.15, 0.2) is 71.8 Å². The van der Waals surface area contributed by atoms with Crippen LogP contribution in [0.25, 0.3) is 5.57 Å². The molecule has 6 heteroatoms. The first-order valence-electron chi connectivity index (χ1n) is 11.7. The van der Waals surface area contributed by atoms with Crippen LogP contribution in [0.4, 0.5) is 4.39 Å². The van der Waals surface area contributed by atoms with E-state index in [9.17, 15) is 14.0 Å². The lowest BCUT2D eigenvalue weighted by Crippen LogP contribution is -2.53. The van der Waals surface area contributed by atoms with Gasteiger partial charge in [0.15, 0.2) is 5.60 Å². The van der Waals surface area contributed by atoms with E-state index < -0.39 is 29.3 Å². The average molecular weight is 481 g/mol. The molecule has 0 N–H and O–H groups in total. The van der Waals surface area contributed by atoms with Gasteiger partial charge in [-0.2, -0.15) is 0 Å². The zero-order valence-electron chi connectivity index (χ0n) is 21.1. The van der Waals surface area contributed by atoms with Gasteiger partial charge in [0.25, 0.3) is 0 Å². The van der Waals surface area contributed by atoms with Gasteiger partial charge in [0.2, 0.25) is 0 Å². The Hall–Kier alpha value is -3.25. The summed E-state index contributed by atoms with van der Waals surface area (Å²) in [6, 6.07) is 15.2. The van der Waals surface area contributed by atoms with E-state index in [4.69, 9.17) is 14.2 Å². The summed E-state index contributed by atoms with van der Waals surface area (Å²) in [4.78, 5) is 27.1. The molecule has 0 saturated carbocycles. The first kappa shape index (κ1) is 26.4. The van der Waals surface area contributed by atoms with Crippen LogP contribution in [0.3, 0.4) is 0 Å². The van der Waals surface area contributed by atoms with Crippen molar-refractivity contribution >= 4 is 17.5 Å². The topological polar surface area (TPSA) is 61.8 Å². The number of benzene rings is 2. The largest absolute Gasteiger partial charge is 0.467 e. The molecule has 0 heterocycles. The van der Waals surface area contributed by atoms with Crippen LogP contribution in [0.5, 0.6) is 0 Å². The molecule has 2 aromatic carbocycles. The molecule has 1 aliphatic rings. The maximum atomic E-state index is 13.9. The predicted octanol–water partition coefficient (Wildman–Crippen LogP) is 5.75. The number of ether oxygens (including phenoxy) is 3. The predicted molar refractivity (Wildman–Crippen MR) is 133 cm³/mol. The van der Waals surface area contributed by atoms with Crippen LogP contribution >= 0.6 is 0 Å². The minimum atomic E-state index is -1.67. The molecule has 0 spiro atoms. The van der Waals surface area contributed by atoms with Gasteiger partial charge in [-0.15, -0.1) is 0 Å². The summed E-state index contributed by atoms with van der Waals surface area (Å²) in [5.41, 5.74) is 0.995. The van der Waals surface area contributed by atoms with Crippen molar-refractivity contribution in [2.75, 3.05) is 14.2 Å². The summed E-state index contributed by atoms with van der Waals surface area (Å²) in [5, 5.41) is 0. The van der Waals surface area contributed by atoms with Gasteiger partial charge >= 0.3 is 11.9 Å². The minimum Gasteiger partial charge on any atom is -0.467 e. The first-order valence-corrected chi connectivity index (χ1v) is 11.7. The zero-order chi connectivity index (χ0) is 25.8. The SMILES string of the molecule is COC(=O)C1=C(c2ccc(F)cc2)C(OCc2ccccc2)(C(=O)OC)C(C(C)C)C=C1C(C)C. The van der Waals surface area contributed by atoms with Gasteiger partial charge in [0.1, 0.15) is 5.82 Å². The Balaban J connectivity index is 2.41. The highest BCUT2D eigenvalue weighted by molar-refractivity contribution is 6.10. The van der Waals surface area contributed by atoms with Gasteiger partial charge in [-0.05, 0) is 40.7 Å². The monoisotopic (exact) mass is 480 g/mol. The summed E-state index contributed by atoms with van der Waals surface area (Å²) in [6.07, 6.45) is 1.94. The standard InChI is InChI=1S/C29H33FO5/c1-18(2)23-16-24(19(3)4)29(28(32)34-6,35-17-20-10-8-7-9-11-20)26(25(23)27(31)33-5)21-12-14-22(30)15-13-21/h7-16,18-19,24H,17H2,1-6H3. The molecule has 0 saturated heterocycles. The van der Waals surface area contributed by atoms with Crippen molar-refractivity contribution in [2.24, 2.45) is 17.8 Å². The Bertz CT molecular complexity index is 1120. The van der Waals surface area contributed by atoms with Crippen LogP contribution in [0.2, 0.25) is 0 Å². The van der Waals surface area contributed by atoms with Crippen molar-refractivity contribution in [1.29, 1.82) is 0 Å². The first-order chi connectivity index (χ1) is 16.7. The third-order valence-electron chi connectivity index (χ3n) is 6.40. The molecule has 3 rings (SSSR count). The van der Waals surface area contributed by atoms with Crippen LogP contribution in [-0.2, 0) is 30.4 Å². The lowest BCUT2D eigenvalue weighted by molar-refractivity contribution is -0.169. The number of hydrogen-bond acceptors (Lipinski definition) is 5. The molecule has 0 radical (unpaired) electrons. The quantitative estimate of drug-likeness (QED) is 0.450. The van der Waals surface area contributed by atoms with Gasteiger partial charge < -0.3 is 14.2 Å². The van der Waals surface area contributed by atoms with Gasteiger partial charge in [-0.25, -0.2) is 14.0 Å². The van der Waals surface area contributed by atoms with E-state index in [0.717, 1.165) is 11.1 Å². The normalized spacial score (nSPS) is 20.1. The minimum absolute atomic E-state index is 0.0504. The Kier molecular flexibility index (Phi) is 8.28. The number of rotatable bonds is 8. The summed E-state index contributed by atoms with van der Waals surface area (Å²) in [5.74, 6) is -2.24. The van der Waals surface area contributed by atoms with E-state index in [1.807, 2.05) is 64.1 Å². The highest BCUT2D eigenvalue weighted by atomic mass is 19.1. The fraction of sp³-hybridized carbons (Fsp3) is 0.379. The Labute approximate surface area is 206 Å². The molecule has 0 bridgehead atoms. The molecule has 2 aromatic rings. The number of carbonyl (C=O) groups is 2. The van der Waals surface area contributed by atoms with Gasteiger partial charge in [-0.3, -0.25) is 0 Å². The molecule has 0 fully saturated rings. The maximum Gasteiger partial charge on any atom is 0.343 e. The molecular formula is C29H33FO5. The summed E-state index contributed by atoms with van der Waals surface area (Å²) in [6.45, 7) is 8.04. The van der Waals surface area contributed by atoms with E-state index in [2.05, 4.69) is 0 Å². The van der Waals surface area contributed by atoms with Crippen molar-refractivity contribution in [3.63, 3.8) is 0 Å². The van der Waals surface area contributed by atoms with Crippen LogP contribution in [-0.4, -0.2) is 31.8 Å². The van der Waals surface area contributed by atoms with E-state index >= 15 is 0 Å². The van der Waals surface area contributed by atoms with Crippen molar-refractivity contribution in [3.05, 3.63) is 88.8 Å². The lowest BCUT2D eigenvalue weighted by atomic mass is 9.65. The molecular weight excluding hydrogens is 447 g/mol. The Morgan fingerprint density at radius 1 is 0.943 bits per heavy atom. The number of halogens is 1. The number of hydrogen-bond donors (Lipinski definition) is 0. The number of methoxy groups -OCH3 is 2. The second-order valence-corrected chi connectivity index (χ2v) is 9.30. The molecule has 0 amide bonds. The smallest absolute Gasteiger partial charge is 0.343 e. The molecule has 0 aromatic heterocycles. The lowest BCUT2D eigenvalue weighted by Gasteiger charge is -2.45. The highest BCUT2D eigenvalue weighted by Crippen LogP contribution is 2.50. The average Bonchev–Trinajstić information content (AvgIpc) is 2.86. The molecule has 2 atom stereocenters. The fourth-order valence-electron chi connectivity index (χ4n) is 4.72. The van der Waals surface area contributed by atoms with Gasteiger partial charge in [-0.1, -0.05) is 76.2 Å². The number of carbonyl (C=O) groups excluding carboxylic acids is 2. The molecule has 0 aliphatic heterocycles.